The summed E-state index contributed by atoms with van der Waals surface area (Å²) in [4.78, 5) is 12.7. The summed E-state index contributed by atoms with van der Waals surface area (Å²) in [7, 11) is -3.41. The van der Waals surface area contributed by atoms with Gasteiger partial charge in [-0.2, -0.15) is 0 Å². The first-order chi connectivity index (χ1) is 10.9. The Kier molecular flexibility index (Phi) is 5.94. The zero-order chi connectivity index (χ0) is 16.5. The van der Waals surface area contributed by atoms with Crippen LogP contribution < -0.4 is 10.6 Å². The summed E-state index contributed by atoms with van der Waals surface area (Å²) >= 11 is 0. The van der Waals surface area contributed by atoms with E-state index in [0.29, 0.717) is 19.4 Å². The van der Waals surface area contributed by atoms with Crippen molar-refractivity contribution in [1.82, 2.24) is 10.6 Å². The van der Waals surface area contributed by atoms with Crippen molar-refractivity contribution in [2.24, 2.45) is 0 Å². The minimum absolute atomic E-state index is 0. The Balaban J connectivity index is 0.00000208. The largest absolute Gasteiger partial charge is 0.353 e. The molecular formula is C17H25ClN2O3S. The van der Waals surface area contributed by atoms with Gasteiger partial charge in [0.1, 0.15) is 4.75 Å². The molecule has 3 rings (SSSR count). The maximum atomic E-state index is 12.7. The molecule has 2 N–H and O–H groups in total. The van der Waals surface area contributed by atoms with Crippen molar-refractivity contribution in [1.29, 1.82) is 0 Å². The van der Waals surface area contributed by atoms with E-state index in [9.17, 15) is 13.2 Å². The molecule has 1 heterocycles. The summed E-state index contributed by atoms with van der Waals surface area (Å²) in [5, 5.41) is 6.31. The molecule has 0 bridgehead atoms. The normalized spacial score (nSPS) is 22.3. The number of carbonyl (C=O) groups is 1. The van der Waals surface area contributed by atoms with E-state index in [2.05, 4.69) is 22.8 Å². The highest BCUT2D eigenvalue weighted by molar-refractivity contribution is 7.92. The van der Waals surface area contributed by atoms with Gasteiger partial charge in [0.2, 0.25) is 5.91 Å². The van der Waals surface area contributed by atoms with Crippen molar-refractivity contribution in [2.75, 3.05) is 19.3 Å². The van der Waals surface area contributed by atoms with Gasteiger partial charge in [-0.25, -0.2) is 8.42 Å². The molecule has 1 saturated carbocycles. The van der Waals surface area contributed by atoms with E-state index < -0.39 is 14.6 Å². The summed E-state index contributed by atoms with van der Waals surface area (Å²) in [5.74, 6) is -0.331. The van der Waals surface area contributed by atoms with Gasteiger partial charge in [0.15, 0.2) is 9.84 Å². The third-order valence-corrected chi connectivity index (χ3v) is 7.23. The van der Waals surface area contributed by atoms with Gasteiger partial charge in [0.25, 0.3) is 0 Å². The van der Waals surface area contributed by atoms with Gasteiger partial charge in [-0.15, -0.1) is 12.4 Å². The number of hydrogen-bond acceptors (Lipinski definition) is 4. The summed E-state index contributed by atoms with van der Waals surface area (Å²) < 4.78 is 23.1. The van der Waals surface area contributed by atoms with Gasteiger partial charge in [0.05, 0.1) is 0 Å². The summed E-state index contributed by atoms with van der Waals surface area (Å²) in [6, 6.07) is 8.24. The van der Waals surface area contributed by atoms with E-state index in [-0.39, 0.29) is 24.4 Å². The number of hydrogen-bond donors (Lipinski definition) is 2. The monoisotopic (exact) mass is 372 g/mol. The van der Waals surface area contributed by atoms with Gasteiger partial charge >= 0.3 is 0 Å². The van der Waals surface area contributed by atoms with Crippen LogP contribution in [0.25, 0.3) is 0 Å². The number of fused-ring (bicyclic) bond motifs is 1. The first kappa shape index (κ1) is 19.2. The number of carbonyl (C=O) groups excluding carboxylic acids is 1. The summed E-state index contributed by atoms with van der Waals surface area (Å²) in [6.45, 7) is 1.29. The van der Waals surface area contributed by atoms with E-state index in [1.165, 1.54) is 17.4 Å². The zero-order valence-electron chi connectivity index (χ0n) is 13.9. The molecule has 0 spiro atoms. The van der Waals surface area contributed by atoms with Crippen LogP contribution in [0.5, 0.6) is 0 Å². The van der Waals surface area contributed by atoms with Crippen LogP contribution >= 0.6 is 12.4 Å². The maximum Gasteiger partial charge on any atom is 0.241 e. The van der Waals surface area contributed by atoms with E-state index in [1.54, 1.807) is 0 Å². The Morgan fingerprint density at radius 3 is 2.62 bits per heavy atom. The van der Waals surface area contributed by atoms with Crippen molar-refractivity contribution in [3.63, 3.8) is 0 Å². The highest BCUT2D eigenvalue weighted by Crippen LogP contribution is 2.36. The molecule has 1 aromatic rings. The number of nitrogens with one attached hydrogen (secondary N) is 2. The van der Waals surface area contributed by atoms with Crippen molar-refractivity contribution in [3.05, 3.63) is 35.4 Å². The van der Waals surface area contributed by atoms with Crippen LogP contribution in [-0.4, -0.2) is 38.4 Å². The summed E-state index contributed by atoms with van der Waals surface area (Å²) in [6.07, 6.45) is 4.63. The Morgan fingerprint density at radius 2 is 1.96 bits per heavy atom. The molecule has 1 aliphatic heterocycles. The third kappa shape index (κ3) is 3.46. The molecule has 0 radical (unpaired) electrons. The van der Waals surface area contributed by atoms with Gasteiger partial charge in [-0.3, -0.25) is 4.79 Å². The molecule has 7 heteroatoms. The van der Waals surface area contributed by atoms with E-state index in [4.69, 9.17) is 0 Å². The highest BCUT2D eigenvalue weighted by atomic mass is 35.5. The minimum atomic E-state index is -3.41. The molecule has 0 saturated heterocycles. The standard InChI is InChI=1S/C17H24N2O3S.ClH/c1-23(21,22)17(9-4-5-10-17)16(20)19-12-15-14-7-3-2-6-13(14)8-11-18-15;/h2-3,6-7,15,18H,4-5,8-12H2,1H3,(H,19,20);1H. The molecular weight excluding hydrogens is 348 g/mol. The quantitative estimate of drug-likeness (QED) is 0.844. The minimum Gasteiger partial charge on any atom is -0.353 e. The smallest absolute Gasteiger partial charge is 0.241 e. The lowest BCUT2D eigenvalue weighted by Crippen LogP contribution is -2.52. The molecule has 1 amide bonds. The molecule has 1 aliphatic carbocycles. The van der Waals surface area contributed by atoms with Crippen molar-refractivity contribution >= 4 is 28.2 Å². The van der Waals surface area contributed by atoms with Crippen molar-refractivity contribution < 1.29 is 13.2 Å². The summed E-state index contributed by atoms with van der Waals surface area (Å²) in [5.41, 5.74) is 2.49. The lowest BCUT2D eigenvalue weighted by Gasteiger charge is -2.30. The predicted molar refractivity (Wildman–Crippen MR) is 97.2 cm³/mol. The van der Waals surface area contributed by atoms with Crippen LogP contribution in [-0.2, 0) is 21.1 Å². The molecule has 0 aromatic heterocycles. The molecule has 24 heavy (non-hydrogen) atoms. The number of benzene rings is 1. The van der Waals surface area contributed by atoms with Crippen LogP contribution in [0.1, 0.15) is 42.9 Å². The van der Waals surface area contributed by atoms with Crippen molar-refractivity contribution in [3.8, 4) is 0 Å². The second-order valence-electron chi connectivity index (χ2n) is 6.64. The molecule has 1 aromatic carbocycles. The van der Waals surface area contributed by atoms with Gasteiger partial charge in [-0.1, -0.05) is 37.1 Å². The van der Waals surface area contributed by atoms with Gasteiger partial charge < -0.3 is 10.6 Å². The SMILES string of the molecule is CS(=O)(=O)C1(C(=O)NCC2NCCc3ccccc32)CCCC1.Cl. The number of rotatable bonds is 4. The number of halogens is 1. The van der Waals surface area contributed by atoms with Gasteiger partial charge in [-0.05, 0) is 36.9 Å². The highest BCUT2D eigenvalue weighted by Gasteiger charge is 2.49. The third-order valence-electron chi connectivity index (χ3n) is 5.22. The molecule has 134 valence electrons. The van der Waals surface area contributed by atoms with E-state index in [1.807, 2.05) is 12.1 Å². The Labute approximate surface area is 149 Å². The van der Waals surface area contributed by atoms with Crippen LogP contribution in [0.15, 0.2) is 24.3 Å². The first-order valence-electron chi connectivity index (χ1n) is 8.23. The first-order valence-corrected chi connectivity index (χ1v) is 10.1. The lowest BCUT2D eigenvalue weighted by atomic mass is 9.94. The Morgan fingerprint density at radius 1 is 1.29 bits per heavy atom. The fraction of sp³-hybridized carbons (Fsp3) is 0.588. The van der Waals surface area contributed by atoms with Gasteiger partial charge in [0, 0.05) is 18.8 Å². The predicted octanol–water partition coefficient (Wildman–Crippen LogP) is 1.77. The molecule has 5 nitrogen and oxygen atoms in total. The second-order valence-corrected chi connectivity index (χ2v) is 8.96. The molecule has 1 unspecified atom stereocenters. The molecule has 2 aliphatic rings. The fourth-order valence-corrected chi connectivity index (χ4v) is 5.28. The Hall–Kier alpha value is -1.11. The molecule has 1 atom stereocenters. The average molecular weight is 373 g/mol. The van der Waals surface area contributed by atoms with E-state index in [0.717, 1.165) is 25.8 Å². The van der Waals surface area contributed by atoms with E-state index >= 15 is 0 Å². The number of amides is 1. The Bertz CT molecular complexity index is 700. The van der Waals surface area contributed by atoms with Crippen LogP contribution in [0.3, 0.4) is 0 Å². The van der Waals surface area contributed by atoms with Crippen LogP contribution in [0.4, 0.5) is 0 Å². The lowest BCUT2D eigenvalue weighted by molar-refractivity contribution is -0.123. The number of sulfone groups is 1. The average Bonchev–Trinajstić information content (AvgIpc) is 3.03. The molecule has 1 fully saturated rings. The zero-order valence-corrected chi connectivity index (χ0v) is 15.5. The fourth-order valence-electron chi connectivity index (χ4n) is 3.84. The van der Waals surface area contributed by atoms with Crippen LogP contribution in [0.2, 0.25) is 0 Å². The topological polar surface area (TPSA) is 75.3 Å². The van der Waals surface area contributed by atoms with Crippen LogP contribution in [0, 0.1) is 0 Å². The van der Waals surface area contributed by atoms with Crippen molar-refractivity contribution in [2.45, 2.75) is 42.9 Å². The second kappa shape index (κ2) is 7.42. The maximum absolute atomic E-state index is 12.7.